The summed E-state index contributed by atoms with van der Waals surface area (Å²) in [4.78, 5) is 23.8. The van der Waals surface area contributed by atoms with Gasteiger partial charge in [-0.05, 0) is 50.8 Å². The number of hydrazine groups is 1. The highest BCUT2D eigenvalue weighted by molar-refractivity contribution is 7.91. The Bertz CT molecular complexity index is 834. The number of carbonyl (C=O) groups is 2. The molecule has 136 valence electrons. The van der Waals surface area contributed by atoms with Crippen molar-refractivity contribution >= 4 is 27.7 Å². The largest absolute Gasteiger partial charge is 0.346 e. The molecule has 2 amide bonds. The Morgan fingerprint density at radius 3 is 2.52 bits per heavy atom. The van der Waals surface area contributed by atoms with E-state index in [0.29, 0.717) is 12.5 Å². The molecule has 2 N–H and O–H groups in total. The number of rotatable bonds is 4. The number of carbonyl (C=O) groups excluding carboxylic acids is 2. The van der Waals surface area contributed by atoms with E-state index < -0.39 is 27.6 Å². The molecule has 1 aliphatic heterocycles. The first-order chi connectivity index (χ1) is 11.8. The summed E-state index contributed by atoms with van der Waals surface area (Å²) in [5.74, 6) is -1.64. The number of sulfone groups is 1. The maximum atomic E-state index is 11.9. The zero-order valence-electron chi connectivity index (χ0n) is 14.4. The van der Waals surface area contributed by atoms with Crippen LogP contribution < -0.4 is 10.9 Å². The van der Waals surface area contributed by atoms with Gasteiger partial charge in [0.1, 0.15) is 0 Å². The molecule has 1 saturated carbocycles. The molecule has 25 heavy (non-hydrogen) atoms. The van der Waals surface area contributed by atoms with Crippen molar-refractivity contribution < 1.29 is 18.0 Å². The van der Waals surface area contributed by atoms with Gasteiger partial charge in [0.05, 0.1) is 17.4 Å². The second kappa shape index (κ2) is 6.67. The number of hydrogen-bond acceptors (Lipinski definition) is 4. The van der Waals surface area contributed by atoms with Crippen LogP contribution in [0, 0.1) is 19.8 Å². The van der Waals surface area contributed by atoms with E-state index in [0.717, 1.165) is 11.3 Å². The van der Waals surface area contributed by atoms with Crippen LogP contribution in [0.25, 0.3) is 6.08 Å². The molecular weight excluding hydrogens is 342 g/mol. The third-order valence-corrected chi connectivity index (χ3v) is 6.53. The predicted molar refractivity (Wildman–Crippen MR) is 94.3 cm³/mol. The minimum Gasteiger partial charge on any atom is -0.346 e. The predicted octanol–water partition coefficient (Wildman–Crippen LogP) is 1.04. The van der Waals surface area contributed by atoms with Gasteiger partial charge in [0, 0.05) is 23.5 Å². The van der Waals surface area contributed by atoms with Gasteiger partial charge in [0.15, 0.2) is 9.84 Å². The van der Waals surface area contributed by atoms with E-state index in [1.54, 1.807) is 6.08 Å². The highest BCUT2D eigenvalue weighted by Crippen LogP contribution is 2.38. The molecule has 1 saturated heterocycles. The van der Waals surface area contributed by atoms with Crippen molar-refractivity contribution in [3.05, 3.63) is 29.1 Å². The Morgan fingerprint density at radius 2 is 1.92 bits per heavy atom. The average Bonchev–Trinajstić information content (AvgIpc) is 3.24. The zero-order valence-corrected chi connectivity index (χ0v) is 15.2. The Hall–Kier alpha value is -2.09. The highest BCUT2D eigenvalue weighted by atomic mass is 32.2. The van der Waals surface area contributed by atoms with Crippen LogP contribution in [0.1, 0.15) is 42.3 Å². The van der Waals surface area contributed by atoms with Crippen LogP contribution in [0.3, 0.4) is 0 Å². The van der Waals surface area contributed by atoms with E-state index in [1.165, 1.54) is 24.6 Å². The van der Waals surface area contributed by atoms with E-state index in [1.807, 2.05) is 13.0 Å². The minimum absolute atomic E-state index is 0.0234. The van der Waals surface area contributed by atoms with E-state index in [9.17, 15) is 18.0 Å². The number of hydrogen-bond donors (Lipinski definition) is 2. The molecular formula is C17H23N3O4S. The Balaban J connectivity index is 1.53. The highest BCUT2D eigenvalue weighted by Gasteiger charge is 2.33. The van der Waals surface area contributed by atoms with Gasteiger partial charge in [0.2, 0.25) is 5.91 Å². The number of nitrogens with zero attached hydrogens (tertiary/aromatic N) is 1. The summed E-state index contributed by atoms with van der Waals surface area (Å²) in [6.45, 7) is 4.09. The van der Waals surface area contributed by atoms with Crippen LogP contribution in [-0.2, 0) is 19.4 Å². The Labute approximate surface area is 147 Å². The Morgan fingerprint density at radius 1 is 1.20 bits per heavy atom. The lowest BCUT2D eigenvalue weighted by Crippen LogP contribution is -2.44. The molecule has 8 heteroatoms. The monoisotopic (exact) mass is 365 g/mol. The summed E-state index contributed by atoms with van der Waals surface area (Å²) in [5, 5.41) is 0. The zero-order chi connectivity index (χ0) is 18.2. The molecule has 3 rings (SSSR count). The molecule has 0 spiro atoms. The van der Waals surface area contributed by atoms with Gasteiger partial charge in [-0.1, -0.05) is 0 Å². The maximum absolute atomic E-state index is 11.9. The average molecular weight is 365 g/mol. The van der Waals surface area contributed by atoms with E-state index >= 15 is 0 Å². The standard InChI is InChI=1S/C17H23N3O4S/c1-11-9-13(12(2)20(11)15-4-5-15)3-6-16(21)18-19-17(22)14-7-8-25(23,24)10-14/h3,6,9,14-15H,4-5,7-8,10H2,1-2H3,(H,18,21)(H,19,22)/b6-3+/t14-/m0/s1. The lowest BCUT2D eigenvalue weighted by molar-refractivity contribution is -0.129. The maximum Gasteiger partial charge on any atom is 0.262 e. The summed E-state index contributed by atoms with van der Waals surface area (Å²) in [6.07, 6.45) is 5.78. The van der Waals surface area contributed by atoms with Gasteiger partial charge in [-0.2, -0.15) is 0 Å². The normalized spacial score (nSPS) is 22.2. The van der Waals surface area contributed by atoms with Crippen molar-refractivity contribution in [2.24, 2.45) is 5.92 Å². The van der Waals surface area contributed by atoms with Crippen LogP contribution in [-0.4, -0.2) is 36.3 Å². The third-order valence-electron chi connectivity index (χ3n) is 4.76. The van der Waals surface area contributed by atoms with Crippen molar-refractivity contribution in [1.29, 1.82) is 0 Å². The molecule has 7 nitrogen and oxygen atoms in total. The van der Waals surface area contributed by atoms with E-state index in [4.69, 9.17) is 0 Å². The fraction of sp³-hybridized carbons (Fsp3) is 0.529. The number of nitrogens with one attached hydrogen (secondary N) is 2. The number of aromatic nitrogens is 1. The number of amides is 2. The summed E-state index contributed by atoms with van der Waals surface area (Å²) in [7, 11) is -3.12. The van der Waals surface area contributed by atoms with Gasteiger partial charge in [-0.15, -0.1) is 0 Å². The van der Waals surface area contributed by atoms with Crippen molar-refractivity contribution in [2.45, 2.75) is 39.2 Å². The summed E-state index contributed by atoms with van der Waals surface area (Å²) in [5.41, 5.74) is 7.89. The van der Waals surface area contributed by atoms with Crippen molar-refractivity contribution in [3.63, 3.8) is 0 Å². The Kier molecular flexibility index (Phi) is 4.73. The quantitative estimate of drug-likeness (QED) is 0.615. The smallest absolute Gasteiger partial charge is 0.262 e. The van der Waals surface area contributed by atoms with Crippen molar-refractivity contribution in [1.82, 2.24) is 15.4 Å². The molecule has 1 atom stereocenters. The lowest BCUT2D eigenvalue weighted by atomic mass is 10.1. The summed E-state index contributed by atoms with van der Waals surface area (Å²) in [6, 6.07) is 2.62. The molecule has 2 fully saturated rings. The van der Waals surface area contributed by atoms with Gasteiger partial charge in [-0.3, -0.25) is 20.4 Å². The van der Waals surface area contributed by atoms with E-state index in [2.05, 4.69) is 22.3 Å². The molecule has 0 radical (unpaired) electrons. The van der Waals surface area contributed by atoms with Crippen LogP contribution in [0.2, 0.25) is 0 Å². The van der Waals surface area contributed by atoms with Crippen LogP contribution in [0.5, 0.6) is 0 Å². The minimum atomic E-state index is -3.12. The lowest BCUT2D eigenvalue weighted by Gasteiger charge is -2.09. The van der Waals surface area contributed by atoms with Gasteiger partial charge in [-0.25, -0.2) is 8.42 Å². The molecule has 0 unspecified atom stereocenters. The fourth-order valence-corrected chi connectivity index (χ4v) is 5.04. The van der Waals surface area contributed by atoms with Crippen LogP contribution in [0.4, 0.5) is 0 Å². The van der Waals surface area contributed by atoms with Crippen molar-refractivity contribution in [3.8, 4) is 0 Å². The summed E-state index contributed by atoms with van der Waals surface area (Å²) < 4.78 is 25.0. The second-order valence-electron chi connectivity index (χ2n) is 6.84. The first kappa shape index (κ1) is 17.7. The number of aryl methyl sites for hydroxylation is 1. The second-order valence-corrected chi connectivity index (χ2v) is 9.07. The molecule has 1 aromatic rings. The molecule has 2 aliphatic rings. The summed E-state index contributed by atoms with van der Waals surface area (Å²) >= 11 is 0. The molecule has 2 heterocycles. The van der Waals surface area contributed by atoms with Crippen LogP contribution in [0.15, 0.2) is 12.1 Å². The van der Waals surface area contributed by atoms with Crippen molar-refractivity contribution in [2.75, 3.05) is 11.5 Å². The van der Waals surface area contributed by atoms with Gasteiger partial charge >= 0.3 is 0 Å². The molecule has 1 aliphatic carbocycles. The van der Waals surface area contributed by atoms with E-state index in [-0.39, 0.29) is 11.5 Å². The fourth-order valence-electron chi connectivity index (χ4n) is 3.30. The van der Waals surface area contributed by atoms with Gasteiger partial charge in [0.25, 0.3) is 5.91 Å². The third kappa shape index (κ3) is 4.12. The molecule has 1 aromatic heterocycles. The molecule has 0 bridgehead atoms. The van der Waals surface area contributed by atoms with Gasteiger partial charge < -0.3 is 4.57 Å². The first-order valence-electron chi connectivity index (χ1n) is 8.43. The molecule has 0 aromatic carbocycles. The SMILES string of the molecule is Cc1cc(/C=C/C(=O)NNC(=O)[C@H]2CCS(=O)(=O)C2)c(C)n1C1CC1. The topological polar surface area (TPSA) is 97.3 Å². The first-order valence-corrected chi connectivity index (χ1v) is 10.3. The van der Waals surface area contributed by atoms with Crippen LogP contribution >= 0.6 is 0 Å².